The number of urea groups is 1. The number of nitrogens with zero attached hydrogens (tertiary/aromatic N) is 4. The molecule has 2 amide bonds. The Hall–Kier alpha value is -2.75. The molecule has 9 heteroatoms. The minimum absolute atomic E-state index is 0.209. The van der Waals surface area contributed by atoms with Crippen LogP contribution in [0.4, 0.5) is 16.3 Å². The van der Waals surface area contributed by atoms with Crippen molar-refractivity contribution in [1.29, 1.82) is 0 Å². The third-order valence-corrected chi connectivity index (χ3v) is 6.67. The molecule has 176 valence electrons. The second kappa shape index (κ2) is 9.62. The molecule has 1 aromatic carbocycles. The predicted octanol–water partition coefficient (Wildman–Crippen LogP) is 2.44. The fraction of sp³-hybridized carbons (Fsp3) is 0.542. The normalized spacial score (nSPS) is 21.3. The number of fused-ring (bicyclic) bond motifs is 1. The number of amides is 2. The van der Waals surface area contributed by atoms with E-state index in [1.807, 2.05) is 31.2 Å². The van der Waals surface area contributed by atoms with E-state index in [1.165, 1.54) is 5.56 Å². The van der Waals surface area contributed by atoms with Gasteiger partial charge in [0.1, 0.15) is 5.82 Å². The fourth-order valence-electron chi connectivity index (χ4n) is 4.78. The Balaban J connectivity index is 1.48. The number of anilines is 2. The molecule has 2 fully saturated rings. The number of aromatic nitrogens is 2. The lowest BCUT2D eigenvalue weighted by atomic mass is 9.95. The number of morpholine rings is 1. The van der Waals surface area contributed by atoms with Gasteiger partial charge in [-0.25, -0.2) is 14.8 Å². The molecule has 3 aliphatic rings. The lowest BCUT2D eigenvalue weighted by Crippen LogP contribution is -2.52. The van der Waals surface area contributed by atoms with Gasteiger partial charge in [-0.2, -0.15) is 0 Å². The van der Waals surface area contributed by atoms with Crippen LogP contribution in [0, 0.1) is 0 Å². The summed E-state index contributed by atoms with van der Waals surface area (Å²) in [6.45, 7) is 10.4. The minimum atomic E-state index is -0.209. The van der Waals surface area contributed by atoms with Crippen LogP contribution < -0.4 is 15.5 Å². The smallest absolute Gasteiger partial charge is 0.319 e. The first-order chi connectivity index (χ1) is 16.1. The third kappa shape index (κ3) is 4.53. The van der Waals surface area contributed by atoms with Gasteiger partial charge in [0.15, 0.2) is 5.82 Å². The maximum Gasteiger partial charge on any atom is 0.319 e. The van der Waals surface area contributed by atoms with Gasteiger partial charge < -0.3 is 25.0 Å². The number of nitrogens with one attached hydrogen (secondary N) is 2. The summed E-state index contributed by atoms with van der Waals surface area (Å²) in [7, 11) is 0. The summed E-state index contributed by atoms with van der Waals surface area (Å²) in [6.07, 6.45) is 0.943. The van der Waals surface area contributed by atoms with Gasteiger partial charge in [0, 0.05) is 43.0 Å². The molecule has 0 spiro atoms. The van der Waals surface area contributed by atoms with E-state index in [2.05, 4.69) is 27.4 Å². The Morgan fingerprint density at radius 3 is 2.52 bits per heavy atom. The summed E-state index contributed by atoms with van der Waals surface area (Å²) in [6, 6.07) is 8.20. The molecule has 1 atom stereocenters. The third-order valence-electron chi connectivity index (χ3n) is 6.67. The first-order valence-electron chi connectivity index (χ1n) is 11.9. The van der Waals surface area contributed by atoms with Crippen LogP contribution in [0.5, 0.6) is 0 Å². The second-order valence-corrected chi connectivity index (χ2v) is 8.75. The second-order valence-electron chi connectivity index (χ2n) is 8.75. The summed E-state index contributed by atoms with van der Waals surface area (Å²) in [5, 5.41) is 5.58. The number of benzene rings is 1. The Kier molecular flexibility index (Phi) is 6.43. The van der Waals surface area contributed by atoms with Gasteiger partial charge in [0.2, 0.25) is 0 Å². The van der Waals surface area contributed by atoms with Crippen molar-refractivity contribution in [2.75, 3.05) is 62.8 Å². The Morgan fingerprint density at radius 1 is 1.09 bits per heavy atom. The molecule has 2 saturated heterocycles. The van der Waals surface area contributed by atoms with Crippen molar-refractivity contribution in [1.82, 2.24) is 20.2 Å². The van der Waals surface area contributed by atoms with Crippen molar-refractivity contribution in [3.8, 4) is 11.4 Å². The van der Waals surface area contributed by atoms with Crippen LogP contribution in [-0.4, -0.2) is 79.5 Å². The maximum atomic E-state index is 11.8. The van der Waals surface area contributed by atoms with Crippen molar-refractivity contribution < 1.29 is 14.3 Å². The highest BCUT2D eigenvalue weighted by atomic mass is 16.5. The standard InChI is InChI=1S/C24H32N6O3/c1-3-25-24(31)26-18-6-4-17(5-7-18)22-27-21-16(2)30(19-14-33-15-19)9-8-20(21)23(28-22)29-10-12-32-13-11-29/h4-7,16,19H,3,8-15H2,1-2H3,(H2,25,26,31). The van der Waals surface area contributed by atoms with Crippen molar-refractivity contribution in [3.63, 3.8) is 0 Å². The molecule has 33 heavy (non-hydrogen) atoms. The highest BCUT2D eigenvalue weighted by molar-refractivity contribution is 5.89. The molecule has 0 aliphatic carbocycles. The molecule has 9 nitrogen and oxygen atoms in total. The molecule has 1 aromatic heterocycles. The van der Waals surface area contributed by atoms with E-state index < -0.39 is 0 Å². The summed E-state index contributed by atoms with van der Waals surface area (Å²) < 4.78 is 11.0. The zero-order chi connectivity index (χ0) is 22.8. The molecule has 0 radical (unpaired) electrons. The Morgan fingerprint density at radius 2 is 1.85 bits per heavy atom. The average molecular weight is 453 g/mol. The van der Waals surface area contributed by atoms with E-state index in [0.717, 1.165) is 81.1 Å². The monoisotopic (exact) mass is 452 g/mol. The molecule has 3 aliphatic heterocycles. The molecule has 5 rings (SSSR count). The van der Waals surface area contributed by atoms with Gasteiger partial charge in [-0.1, -0.05) is 0 Å². The summed E-state index contributed by atoms with van der Waals surface area (Å²) >= 11 is 0. The molecule has 0 bridgehead atoms. The van der Waals surface area contributed by atoms with Crippen LogP contribution >= 0.6 is 0 Å². The summed E-state index contributed by atoms with van der Waals surface area (Å²) in [5.74, 6) is 1.76. The first-order valence-corrected chi connectivity index (χ1v) is 11.9. The SMILES string of the molecule is CCNC(=O)Nc1ccc(-c2nc3c(c(N4CCOCC4)n2)CCN(C2COC2)C3C)cc1. The van der Waals surface area contributed by atoms with E-state index >= 15 is 0 Å². The van der Waals surface area contributed by atoms with E-state index in [1.54, 1.807) is 0 Å². The van der Waals surface area contributed by atoms with Gasteiger partial charge in [-0.3, -0.25) is 4.90 Å². The van der Waals surface area contributed by atoms with Gasteiger partial charge in [-0.05, 0) is 44.5 Å². The van der Waals surface area contributed by atoms with E-state index in [0.29, 0.717) is 12.6 Å². The quantitative estimate of drug-likeness (QED) is 0.720. The zero-order valence-corrected chi connectivity index (χ0v) is 19.3. The maximum absolute atomic E-state index is 11.8. The van der Waals surface area contributed by atoms with Crippen LogP contribution in [-0.2, 0) is 15.9 Å². The molecular formula is C24H32N6O3. The molecular weight excluding hydrogens is 420 g/mol. The fourth-order valence-corrected chi connectivity index (χ4v) is 4.78. The number of ether oxygens (including phenoxy) is 2. The molecule has 1 unspecified atom stereocenters. The van der Waals surface area contributed by atoms with E-state index in [9.17, 15) is 4.79 Å². The summed E-state index contributed by atoms with van der Waals surface area (Å²) in [4.78, 5) is 26.8. The highest BCUT2D eigenvalue weighted by Crippen LogP contribution is 2.37. The molecule has 2 N–H and O–H groups in total. The number of carbonyl (C=O) groups excluding carboxylic acids is 1. The number of rotatable bonds is 5. The highest BCUT2D eigenvalue weighted by Gasteiger charge is 2.36. The number of hydrogen-bond acceptors (Lipinski definition) is 7. The Bertz CT molecular complexity index is 988. The van der Waals surface area contributed by atoms with Crippen LogP contribution in [0.1, 0.15) is 31.1 Å². The van der Waals surface area contributed by atoms with Crippen molar-refractivity contribution in [2.45, 2.75) is 32.4 Å². The number of hydrogen-bond donors (Lipinski definition) is 2. The average Bonchev–Trinajstić information content (AvgIpc) is 2.80. The van der Waals surface area contributed by atoms with Crippen LogP contribution in [0.15, 0.2) is 24.3 Å². The van der Waals surface area contributed by atoms with Gasteiger partial charge in [0.25, 0.3) is 0 Å². The number of carbonyl (C=O) groups is 1. The van der Waals surface area contributed by atoms with Crippen molar-refractivity contribution >= 4 is 17.5 Å². The lowest BCUT2D eigenvalue weighted by molar-refractivity contribution is -0.0804. The largest absolute Gasteiger partial charge is 0.378 e. The Labute approximate surface area is 194 Å². The minimum Gasteiger partial charge on any atom is -0.378 e. The predicted molar refractivity (Wildman–Crippen MR) is 127 cm³/mol. The van der Waals surface area contributed by atoms with E-state index in [4.69, 9.17) is 19.4 Å². The first kappa shape index (κ1) is 22.1. The van der Waals surface area contributed by atoms with Crippen molar-refractivity contribution in [3.05, 3.63) is 35.5 Å². The molecule has 2 aromatic rings. The van der Waals surface area contributed by atoms with Crippen LogP contribution in [0.25, 0.3) is 11.4 Å². The van der Waals surface area contributed by atoms with Gasteiger partial charge in [0.05, 0.1) is 44.2 Å². The van der Waals surface area contributed by atoms with Crippen molar-refractivity contribution in [2.24, 2.45) is 0 Å². The molecule has 4 heterocycles. The molecule has 0 saturated carbocycles. The topological polar surface area (TPSA) is 91.9 Å². The summed E-state index contributed by atoms with van der Waals surface area (Å²) in [5.41, 5.74) is 4.05. The van der Waals surface area contributed by atoms with Gasteiger partial charge in [-0.15, -0.1) is 0 Å². The van der Waals surface area contributed by atoms with Crippen LogP contribution in [0.3, 0.4) is 0 Å². The van der Waals surface area contributed by atoms with E-state index in [-0.39, 0.29) is 12.1 Å². The zero-order valence-electron chi connectivity index (χ0n) is 19.3. The van der Waals surface area contributed by atoms with Crippen LogP contribution in [0.2, 0.25) is 0 Å². The lowest BCUT2D eigenvalue weighted by Gasteiger charge is -2.44. The van der Waals surface area contributed by atoms with Gasteiger partial charge >= 0.3 is 6.03 Å².